The molecule has 0 heterocycles. The fourth-order valence-corrected chi connectivity index (χ4v) is 0. The van der Waals surface area contributed by atoms with Gasteiger partial charge in [0.1, 0.15) is 0 Å². The molecule has 0 aromatic rings. The van der Waals surface area contributed by atoms with Gasteiger partial charge in [-0.25, -0.2) is 0 Å². The van der Waals surface area contributed by atoms with Crippen LogP contribution >= 0.6 is 0 Å². The quantitative estimate of drug-likeness (QED) is 0.394. The maximum atomic E-state index is 8.25. The zero-order valence-corrected chi connectivity index (χ0v) is 6.93. The van der Waals surface area contributed by atoms with Gasteiger partial charge < -0.3 is 46.0 Å². The second-order valence-electron chi connectivity index (χ2n) is 0.671. The van der Waals surface area contributed by atoms with Crippen molar-refractivity contribution in [3.63, 3.8) is 0 Å². The Bertz CT molecular complexity index is 112. The van der Waals surface area contributed by atoms with Crippen LogP contribution in [-0.4, -0.2) is 15.3 Å². The molecule has 13 heavy (non-hydrogen) atoms. The molecule has 12 nitrogen and oxygen atoms in total. The fraction of sp³-hybridized carbons (Fsp3) is 0. The van der Waals surface area contributed by atoms with Gasteiger partial charge >= 0.3 is 36.9 Å². The van der Waals surface area contributed by atoms with Crippen LogP contribution in [0.5, 0.6) is 0 Å². The van der Waals surface area contributed by atoms with Crippen molar-refractivity contribution in [3.8, 4) is 0 Å². The molecule has 0 saturated carbocycles. The van der Waals surface area contributed by atoms with Crippen LogP contribution in [0.2, 0.25) is 0 Å². The van der Waals surface area contributed by atoms with E-state index in [9.17, 15) is 0 Å². The topological polar surface area (TPSA) is 199 Å². The first-order valence-electron chi connectivity index (χ1n) is 1.64. The summed E-state index contributed by atoms with van der Waals surface area (Å²) in [5, 5.41) is 44.2. The molecule has 0 aliphatic heterocycles. The van der Waals surface area contributed by atoms with Crippen LogP contribution in [0.1, 0.15) is 0 Å². The van der Waals surface area contributed by atoms with Gasteiger partial charge in [-0.3, -0.25) is 0 Å². The molecule has 0 radical (unpaired) electrons. The van der Waals surface area contributed by atoms with E-state index in [1.165, 1.54) is 0 Å². The Morgan fingerprint density at radius 2 is 0.538 bits per heavy atom. The minimum atomic E-state index is -1.75. The van der Waals surface area contributed by atoms with E-state index in [1.54, 1.807) is 0 Å². The predicted molar refractivity (Wildman–Crippen MR) is 31.1 cm³/mol. The first kappa shape index (κ1) is 22.6. The molecule has 0 atom stereocenters. The average Bonchev–Trinajstić information content (AvgIpc) is 1.54. The van der Waals surface area contributed by atoms with Crippen LogP contribution < -0.4 is 0 Å². The molecule has 13 heteroatoms. The molecule has 0 aromatic heterocycles. The van der Waals surface area contributed by atoms with Gasteiger partial charge in [-0.1, -0.05) is 0 Å². The zero-order valence-electron chi connectivity index (χ0n) is 5.27. The maximum Gasteiger partial charge on any atom is 3.00 e. The summed E-state index contributed by atoms with van der Waals surface area (Å²) in [6.07, 6.45) is 0. The molecular formula is LuN3O9. The Balaban J connectivity index is -0.0000000450. The van der Waals surface area contributed by atoms with E-state index in [0.717, 1.165) is 0 Å². The first-order chi connectivity index (χ1) is 5.20. The second kappa shape index (κ2) is 17.1. The zero-order chi connectivity index (χ0) is 10.7. The molecule has 0 spiro atoms. The summed E-state index contributed by atoms with van der Waals surface area (Å²) < 4.78 is 0. The van der Waals surface area contributed by atoms with E-state index in [1.807, 2.05) is 0 Å². The van der Waals surface area contributed by atoms with Crippen LogP contribution in [0, 0.1) is 82.8 Å². The molecule has 0 aliphatic rings. The molecule has 0 fully saturated rings. The van der Waals surface area contributed by atoms with Crippen LogP contribution in [0.15, 0.2) is 0 Å². The van der Waals surface area contributed by atoms with Gasteiger partial charge in [0.15, 0.2) is 0 Å². The van der Waals surface area contributed by atoms with Crippen molar-refractivity contribution in [2.75, 3.05) is 0 Å². The Hall–Kier alpha value is -1.17. The van der Waals surface area contributed by atoms with Crippen molar-refractivity contribution in [2.45, 2.75) is 0 Å². The summed E-state index contributed by atoms with van der Waals surface area (Å²) in [5.41, 5.74) is 0. The monoisotopic (exact) mass is 361 g/mol. The summed E-state index contributed by atoms with van der Waals surface area (Å²) in [6, 6.07) is 0. The van der Waals surface area contributed by atoms with Crippen LogP contribution in [0.3, 0.4) is 0 Å². The van der Waals surface area contributed by atoms with Crippen molar-refractivity contribution >= 4 is 0 Å². The molecule has 0 amide bonds. The van der Waals surface area contributed by atoms with E-state index in [0.29, 0.717) is 0 Å². The average molecular weight is 361 g/mol. The largest absolute Gasteiger partial charge is 3.00 e. The van der Waals surface area contributed by atoms with Gasteiger partial charge in [0.25, 0.3) is 0 Å². The minimum Gasteiger partial charge on any atom is -0.356 e. The minimum absolute atomic E-state index is 0. The first-order valence-corrected chi connectivity index (χ1v) is 1.64. The summed E-state index contributed by atoms with van der Waals surface area (Å²) >= 11 is 0. The van der Waals surface area contributed by atoms with Gasteiger partial charge in [-0.15, -0.1) is 0 Å². The summed E-state index contributed by atoms with van der Waals surface area (Å²) in [4.78, 5) is 24.8. The summed E-state index contributed by atoms with van der Waals surface area (Å²) in [6.45, 7) is 0. The molecule has 0 unspecified atom stereocenters. The predicted octanol–water partition coefficient (Wildman–Crippen LogP) is -0.717. The number of nitrogens with zero attached hydrogens (tertiary/aromatic N) is 3. The van der Waals surface area contributed by atoms with Crippen molar-refractivity contribution in [1.82, 2.24) is 0 Å². The van der Waals surface area contributed by atoms with Gasteiger partial charge in [0.05, 0.1) is 15.3 Å². The molecule has 0 rings (SSSR count). The van der Waals surface area contributed by atoms with Crippen molar-refractivity contribution in [1.29, 1.82) is 0 Å². The standard InChI is InChI=1S/Lu.3NO3/c;3*2-1(3)4/q+3;3*-1. The van der Waals surface area contributed by atoms with Gasteiger partial charge in [-0.2, -0.15) is 0 Å². The Kier molecular flexibility index (Phi) is 29.7. The number of rotatable bonds is 0. The van der Waals surface area contributed by atoms with E-state index >= 15 is 0 Å². The smallest absolute Gasteiger partial charge is 0.356 e. The molecule has 0 aliphatic carbocycles. The molecular weight excluding hydrogens is 361 g/mol. The van der Waals surface area contributed by atoms with Crippen molar-refractivity contribution in [3.05, 3.63) is 46.0 Å². The normalized spacial score (nSPS) is 5.54. The van der Waals surface area contributed by atoms with E-state index < -0.39 is 15.3 Å². The molecule has 0 saturated heterocycles. The van der Waals surface area contributed by atoms with E-state index in [-0.39, 0.29) is 36.9 Å². The summed E-state index contributed by atoms with van der Waals surface area (Å²) in [7, 11) is 0. The van der Waals surface area contributed by atoms with E-state index in [4.69, 9.17) is 46.0 Å². The van der Waals surface area contributed by atoms with Gasteiger partial charge in [0.2, 0.25) is 0 Å². The number of hydrogen-bond donors (Lipinski definition) is 0. The Morgan fingerprint density at radius 1 is 0.538 bits per heavy atom. The van der Waals surface area contributed by atoms with Gasteiger partial charge in [0, 0.05) is 0 Å². The number of hydrogen-bond acceptors (Lipinski definition) is 9. The SMILES string of the molecule is O=[N+]([O-])[O-].O=[N+]([O-])[O-].O=[N+]([O-])[O-].[Lu+3]. The summed E-state index contributed by atoms with van der Waals surface area (Å²) in [5.74, 6) is 0. The Labute approximate surface area is 97.9 Å². The van der Waals surface area contributed by atoms with Crippen LogP contribution in [0.4, 0.5) is 0 Å². The Morgan fingerprint density at radius 3 is 0.538 bits per heavy atom. The molecule has 0 N–H and O–H groups in total. The molecule has 0 aromatic carbocycles. The van der Waals surface area contributed by atoms with Crippen molar-refractivity contribution in [2.24, 2.45) is 0 Å². The third kappa shape index (κ3) is 622. The maximum absolute atomic E-state index is 8.25. The van der Waals surface area contributed by atoms with Gasteiger partial charge in [-0.05, 0) is 0 Å². The van der Waals surface area contributed by atoms with Crippen LogP contribution in [0.25, 0.3) is 0 Å². The third-order valence-electron chi connectivity index (χ3n) is 0. The molecule has 0 bridgehead atoms. The van der Waals surface area contributed by atoms with E-state index in [2.05, 4.69) is 0 Å². The van der Waals surface area contributed by atoms with Crippen LogP contribution in [-0.2, 0) is 0 Å². The third-order valence-corrected chi connectivity index (χ3v) is 0. The fourth-order valence-electron chi connectivity index (χ4n) is 0. The molecule has 84 valence electrons. The van der Waals surface area contributed by atoms with Crippen molar-refractivity contribution < 1.29 is 52.1 Å². The second-order valence-corrected chi connectivity index (χ2v) is 0.671.